The lowest BCUT2D eigenvalue weighted by Gasteiger charge is -2.28. The number of hydrogen-bond acceptors (Lipinski definition) is 3. The minimum Gasteiger partial charge on any atom is -0.385 e. The lowest BCUT2D eigenvalue weighted by Crippen LogP contribution is -2.44. The van der Waals surface area contributed by atoms with Gasteiger partial charge in [-0.3, -0.25) is 0 Å². The van der Waals surface area contributed by atoms with E-state index < -0.39 is 0 Å². The van der Waals surface area contributed by atoms with Gasteiger partial charge in [0.1, 0.15) is 0 Å². The zero-order valence-electron chi connectivity index (χ0n) is 11.9. The normalized spacial score (nSPS) is 15.8. The quantitative estimate of drug-likeness (QED) is 0.655. The van der Waals surface area contributed by atoms with Crippen molar-refractivity contribution in [2.24, 2.45) is 5.92 Å². The average Bonchev–Trinajstić information content (AvgIpc) is 2.22. The van der Waals surface area contributed by atoms with Crippen LogP contribution < -0.4 is 5.32 Å². The van der Waals surface area contributed by atoms with Crippen molar-refractivity contribution in [1.82, 2.24) is 10.2 Å². The molecule has 0 aromatic rings. The maximum atomic E-state index is 5.15. The Morgan fingerprint density at radius 1 is 1.25 bits per heavy atom. The SMILES string of the molecule is CCC(CNC(CCOC)C(C)C)N(C)C. The highest BCUT2D eigenvalue weighted by Crippen LogP contribution is 2.07. The zero-order valence-corrected chi connectivity index (χ0v) is 11.9. The fourth-order valence-electron chi connectivity index (χ4n) is 1.90. The molecule has 0 fully saturated rings. The third-order valence-electron chi connectivity index (χ3n) is 3.25. The Balaban J connectivity index is 3.99. The summed E-state index contributed by atoms with van der Waals surface area (Å²) in [5, 5.41) is 3.66. The Labute approximate surface area is 102 Å². The van der Waals surface area contributed by atoms with Crippen LogP contribution in [0.5, 0.6) is 0 Å². The van der Waals surface area contributed by atoms with E-state index in [9.17, 15) is 0 Å². The van der Waals surface area contributed by atoms with Crippen LogP contribution in [0, 0.1) is 5.92 Å². The lowest BCUT2D eigenvalue weighted by molar-refractivity contribution is 0.169. The molecule has 0 aliphatic heterocycles. The first-order valence-electron chi connectivity index (χ1n) is 6.41. The lowest BCUT2D eigenvalue weighted by atomic mass is 10.0. The highest BCUT2D eigenvalue weighted by atomic mass is 16.5. The fraction of sp³-hybridized carbons (Fsp3) is 1.00. The van der Waals surface area contributed by atoms with E-state index in [2.05, 4.69) is 45.1 Å². The van der Waals surface area contributed by atoms with E-state index in [0.717, 1.165) is 19.6 Å². The molecule has 2 atom stereocenters. The molecular weight excluding hydrogens is 200 g/mol. The second-order valence-corrected chi connectivity index (χ2v) is 5.07. The van der Waals surface area contributed by atoms with Crippen molar-refractivity contribution in [2.45, 2.75) is 45.7 Å². The van der Waals surface area contributed by atoms with E-state index in [1.54, 1.807) is 7.11 Å². The predicted molar refractivity (Wildman–Crippen MR) is 70.9 cm³/mol. The smallest absolute Gasteiger partial charge is 0.0477 e. The van der Waals surface area contributed by atoms with Gasteiger partial charge in [0, 0.05) is 32.3 Å². The van der Waals surface area contributed by atoms with Crippen LogP contribution in [0.1, 0.15) is 33.6 Å². The van der Waals surface area contributed by atoms with Gasteiger partial charge in [-0.2, -0.15) is 0 Å². The van der Waals surface area contributed by atoms with Crippen molar-refractivity contribution >= 4 is 0 Å². The number of ether oxygens (including phenoxy) is 1. The van der Waals surface area contributed by atoms with Gasteiger partial charge in [0.15, 0.2) is 0 Å². The second-order valence-electron chi connectivity index (χ2n) is 5.07. The fourth-order valence-corrected chi connectivity index (χ4v) is 1.90. The monoisotopic (exact) mass is 230 g/mol. The summed E-state index contributed by atoms with van der Waals surface area (Å²) in [6.07, 6.45) is 2.28. The third kappa shape index (κ3) is 6.46. The number of hydrogen-bond donors (Lipinski definition) is 1. The van der Waals surface area contributed by atoms with E-state index in [0.29, 0.717) is 18.0 Å². The van der Waals surface area contributed by atoms with Crippen molar-refractivity contribution in [1.29, 1.82) is 0 Å². The van der Waals surface area contributed by atoms with Crippen molar-refractivity contribution in [3.63, 3.8) is 0 Å². The van der Waals surface area contributed by atoms with E-state index >= 15 is 0 Å². The molecule has 16 heavy (non-hydrogen) atoms. The minimum atomic E-state index is 0.564. The Morgan fingerprint density at radius 3 is 2.25 bits per heavy atom. The largest absolute Gasteiger partial charge is 0.385 e. The number of likely N-dealkylation sites (N-methyl/N-ethyl adjacent to an activating group) is 1. The van der Waals surface area contributed by atoms with Crippen LogP contribution in [0.4, 0.5) is 0 Å². The Morgan fingerprint density at radius 2 is 1.88 bits per heavy atom. The summed E-state index contributed by atoms with van der Waals surface area (Å²) in [5.41, 5.74) is 0. The Kier molecular flexibility index (Phi) is 8.90. The molecule has 0 saturated heterocycles. The molecule has 3 nitrogen and oxygen atoms in total. The molecule has 0 bridgehead atoms. The van der Waals surface area contributed by atoms with Crippen LogP contribution in [-0.2, 0) is 4.74 Å². The number of nitrogens with zero attached hydrogens (tertiary/aromatic N) is 1. The molecular formula is C13H30N2O. The van der Waals surface area contributed by atoms with Gasteiger partial charge in [0.05, 0.1) is 0 Å². The molecule has 3 heteroatoms. The summed E-state index contributed by atoms with van der Waals surface area (Å²) in [5.74, 6) is 0.662. The van der Waals surface area contributed by atoms with Crippen molar-refractivity contribution in [2.75, 3.05) is 34.4 Å². The molecule has 0 saturated carbocycles. The number of rotatable bonds is 9. The molecule has 0 aliphatic carbocycles. The standard InChI is InChI=1S/C13H30N2O/c1-7-12(15(4)5)10-14-13(11(2)3)8-9-16-6/h11-14H,7-10H2,1-6H3. The summed E-state index contributed by atoms with van der Waals surface area (Å²) >= 11 is 0. The zero-order chi connectivity index (χ0) is 12.6. The molecule has 0 aromatic heterocycles. The van der Waals surface area contributed by atoms with Crippen LogP contribution >= 0.6 is 0 Å². The topological polar surface area (TPSA) is 24.5 Å². The first kappa shape index (κ1) is 15.9. The number of methoxy groups -OCH3 is 1. The van der Waals surface area contributed by atoms with Gasteiger partial charge < -0.3 is 15.0 Å². The third-order valence-corrected chi connectivity index (χ3v) is 3.25. The van der Waals surface area contributed by atoms with Gasteiger partial charge >= 0.3 is 0 Å². The van der Waals surface area contributed by atoms with Crippen molar-refractivity contribution in [3.05, 3.63) is 0 Å². The molecule has 0 aromatic carbocycles. The van der Waals surface area contributed by atoms with Crippen molar-refractivity contribution < 1.29 is 4.74 Å². The van der Waals surface area contributed by atoms with E-state index in [1.807, 2.05) is 0 Å². The summed E-state index contributed by atoms with van der Waals surface area (Å²) in [4.78, 5) is 2.29. The van der Waals surface area contributed by atoms with E-state index in [-0.39, 0.29) is 0 Å². The van der Waals surface area contributed by atoms with Gasteiger partial charge in [-0.05, 0) is 32.9 Å². The molecule has 98 valence electrons. The highest BCUT2D eigenvalue weighted by Gasteiger charge is 2.15. The van der Waals surface area contributed by atoms with Gasteiger partial charge in [-0.15, -0.1) is 0 Å². The summed E-state index contributed by atoms with van der Waals surface area (Å²) < 4.78 is 5.15. The second kappa shape index (κ2) is 8.97. The molecule has 0 spiro atoms. The molecule has 2 unspecified atom stereocenters. The first-order valence-corrected chi connectivity index (χ1v) is 6.41. The van der Waals surface area contributed by atoms with Crippen LogP contribution in [-0.4, -0.2) is 51.3 Å². The minimum absolute atomic E-state index is 0.564. The molecule has 0 aliphatic rings. The Hall–Kier alpha value is -0.120. The summed E-state index contributed by atoms with van der Waals surface area (Å²) in [6.45, 7) is 8.68. The van der Waals surface area contributed by atoms with Gasteiger partial charge in [-0.1, -0.05) is 20.8 Å². The van der Waals surface area contributed by atoms with Crippen LogP contribution in [0.15, 0.2) is 0 Å². The molecule has 1 N–H and O–H groups in total. The van der Waals surface area contributed by atoms with Gasteiger partial charge in [0.2, 0.25) is 0 Å². The van der Waals surface area contributed by atoms with Crippen LogP contribution in [0.2, 0.25) is 0 Å². The van der Waals surface area contributed by atoms with E-state index in [4.69, 9.17) is 4.74 Å². The molecule has 0 heterocycles. The summed E-state index contributed by atoms with van der Waals surface area (Å²) in [7, 11) is 6.07. The summed E-state index contributed by atoms with van der Waals surface area (Å²) in [6, 6.07) is 1.19. The van der Waals surface area contributed by atoms with Crippen LogP contribution in [0.25, 0.3) is 0 Å². The van der Waals surface area contributed by atoms with Gasteiger partial charge in [-0.25, -0.2) is 0 Å². The predicted octanol–water partition coefficient (Wildman–Crippen LogP) is 1.98. The highest BCUT2D eigenvalue weighted by molar-refractivity contribution is 4.75. The van der Waals surface area contributed by atoms with Crippen LogP contribution in [0.3, 0.4) is 0 Å². The average molecular weight is 230 g/mol. The maximum Gasteiger partial charge on any atom is 0.0477 e. The number of nitrogens with one attached hydrogen (secondary N) is 1. The van der Waals surface area contributed by atoms with Gasteiger partial charge in [0.25, 0.3) is 0 Å². The Bertz CT molecular complexity index is 160. The van der Waals surface area contributed by atoms with E-state index in [1.165, 1.54) is 6.42 Å². The van der Waals surface area contributed by atoms with Crippen molar-refractivity contribution in [3.8, 4) is 0 Å². The molecule has 0 radical (unpaired) electrons. The molecule has 0 amide bonds. The maximum absolute atomic E-state index is 5.15. The first-order chi connectivity index (χ1) is 7.52. The molecule has 0 rings (SSSR count).